The summed E-state index contributed by atoms with van der Waals surface area (Å²) in [5.41, 5.74) is 0.0660. The molecule has 0 spiro atoms. The van der Waals surface area contributed by atoms with E-state index >= 15 is 0 Å². The molecule has 2 aromatic rings. The second-order valence-corrected chi connectivity index (χ2v) is 5.78. The third-order valence-electron chi connectivity index (χ3n) is 1.73. The third-order valence-corrected chi connectivity index (χ3v) is 3.88. The normalized spacial score (nSPS) is 11.9. The lowest BCUT2D eigenvalue weighted by molar-refractivity contribution is 0.588. The average Bonchev–Trinajstić information content (AvgIpc) is 2.73. The Hall–Kier alpha value is -0.950. The molecule has 7 heteroatoms. The molecule has 0 saturated carbocycles. The largest absolute Gasteiger partial charge is 0.254 e. The van der Waals surface area contributed by atoms with Gasteiger partial charge in [0.05, 0.1) is 4.88 Å². The number of aromatic nitrogens is 5. The van der Waals surface area contributed by atoms with Crippen molar-refractivity contribution >= 4 is 23.3 Å². The highest BCUT2D eigenvalue weighted by Crippen LogP contribution is 2.35. The number of aromatic amines is 1. The van der Waals surface area contributed by atoms with Gasteiger partial charge in [-0.1, -0.05) is 25.3 Å². The van der Waals surface area contributed by atoms with Crippen molar-refractivity contribution < 1.29 is 0 Å². The van der Waals surface area contributed by atoms with Crippen molar-refractivity contribution in [2.45, 2.75) is 36.4 Å². The Bertz CT molecular complexity index is 428. The summed E-state index contributed by atoms with van der Waals surface area (Å²) in [6.45, 7) is 6.44. The maximum absolute atomic E-state index is 4.10. The lowest BCUT2D eigenvalue weighted by Gasteiger charge is -2.15. The molecule has 1 N–H and O–H groups in total. The molecular weight excluding hydrogens is 230 g/mol. The van der Waals surface area contributed by atoms with Gasteiger partial charge >= 0.3 is 0 Å². The molecule has 0 aliphatic carbocycles. The Morgan fingerprint density at radius 1 is 1.40 bits per heavy atom. The van der Waals surface area contributed by atoms with Crippen LogP contribution in [0.5, 0.6) is 0 Å². The van der Waals surface area contributed by atoms with Crippen molar-refractivity contribution in [3.05, 3.63) is 11.2 Å². The van der Waals surface area contributed by atoms with Crippen molar-refractivity contribution in [3.63, 3.8) is 0 Å². The number of nitrogens with one attached hydrogen (secondary N) is 1. The van der Waals surface area contributed by atoms with Crippen molar-refractivity contribution in [2.75, 3.05) is 0 Å². The first kappa shape index (κ1) is 10.6. The van der Waals surface area contributed by atoms with E-state index in [9.17, 15) is 0 Å². The zero-order valence-electron chi connectivity index (χ0n) is 8.68. The summed E-state index contributed by atoms with van der Waals surface area (Å²) in [4.78, 5) is 5.22. The molecule has 0 unspecified atom stereocenters. The van der Waals surface area contributed by atoms with Crippen LogP contribution in [0.4, 0.5) is 0 Å². The minimum atomic E-state index is 0.0660. The van der Waals surface area contributed by atoms with E-state index < -0.39 is 0 Å². The summed E-state index contributed by atoms with van der Waals surface area (Å²) in [5.74, 6) is 0. The minimum absolute atomic E-state index is 0.0660. The number of nitrogens with zero attached hydrogens (tertiary/aromatic N) is 4. The highest BCUT2D eigenvalue weighted by Gasteiger charge is 2.23. The standard InChI is InChI=1S/C8H11N5S2/c1-8(2,3)5-6(11-13-15-5)14-7-9-4-10-12-7/h4H,1-3H3,(H,9,10,12). The summed E-state index contributed by atoms with van der Waals surface area (Å²) < 4.78 is 3.98. The van der Waals surface area contributed by atoms with Crippen LogP contribution < -0.4 is 0 Å². The predicted octanol–water partition coefficient (Wildman–Crippen LogP) is 2.10. The van der Waals surface area contributed by atoms with Gasteiger partial charge in [0.15, 0.2) is 5.16 Å². The molecule has 80 valence electrons. The van der Waals surface area contributed by atoms with Crippen LogP contribution in [0, 0.1) is 0 Å². The number of hydrogen-bond donors (Lipinski definition) is 1. The van der Waals surface area contributed by atoms with E-state index in [2.05, 4.69) is 45.5 Å². The van der Waals surface area contributed by atoms with E-state index in [0.29, 0.717) is 0 Å². The Morgan fingerprint density at radius 3 is 2.80 bits per heavy atom. The molecule has 0 aliphatic rings. The fourth-order valence-corrected chi connectivity index (χ4v) is 2.79. The van der Waals surface area contributed by atoms with Gasteiger partial charge in [0.1, 0.15) is 11.4 Å². The molecule has 0 aliphatic heterocycles. The molecule has 5 nitrogen and oxygen atoms in total. The van der Waals surface area contributed by atoms with Gasteiger partial charge in [0, 0.05) is 5.41 Å². The van der Waals surface area contributed by atoms with Crippen LogP contribution in [0.25, 0.3) is 0 Å². The molecule has 0 bridgehead atoms. The van der Waals surface area contributed by atoms with Gasteiger partial charge in [0.2, 0.25) is 0 Å². The molecule has 0 amide bonds. The topological polar surface area (TPSA) is 67.3 Å². The number of rotatable bonds is 2. The molecule has 2 heterocycles. The van der Waals surface area contributed by atoms with Gasteiger partial charge in [0.25, 0.3) is 0 Å². The second-order valence-electron chi connectivity index (χ2n) is 4.05. The van der Waals surface area contributed by atoms with E-state index in [1.165, 1.54) is 34.5 Å². The maximum atomic E-state index is 4.10. The Labute approximate surface area is 95.9 Å². The summed E-state index contributed by atoms with van der Waals surface area (Å²) >= 11 is 2.90. The van der Waals surface area contributed by atoms with Gasteiger partial charge in [-0.25, -0.2) is 4.98 Å². The lowest BCUT2D eigenvalue weighted by Crippen LogP contribution is -2.09. The van der Waals surface area contributed by atoms with Crippen LogP contribution in [0.1, 0.15) is 25.6 Å². The Kier molecular flexibility index (Phi) is 2.74. The summed E-state index contributed by atoms with van der Waals surface area (Å²) in [6, 6.07) is 0. The van der Waals surface area contributed by atoms with Crippen molar-refractivity contribution in [1.29, 1.82) is 0 Å². The van der Waals surface area contributed by atoms with Crippen LogP contribution >= 0.6 is 23.3 Å². The van der Waals surface area contributed by atoms with Gasteiger partial charge < -0.3 is 0 Å². The van der Waals surface area contributed by atoms with Gasteiger partial charge in [-0.05, 0) is 23.3 Å². The SMILES string of the molecule is CC(C)(C)c1snnc1Sc1ncn[nH]1. The minimum Gasteiger partial charge on any atom is -0.254 e. The zero-order valence-corrected chi connectivity index (χ0v) is 10.3. The van der Waals surface area contributed by atoms with E-state index in [1.54, 1.807) is 0 Å². The van der Waals surface area contributed by atoms with E-state index in [0.717, 1.165) is 10.2 Å². The molecule has 0 saturated heterocycles. The van der Waals surface area contributed by atoms with Gasteiger partial charge in [-0.3, -0.25) is 5.10 Å². The first-order valence-corrected chi connectivity index (χ1v) is 6.02. The molecule has 0 fully saturated rings. The first-order chi connectivity index (χ1) is 7.07. The van der Waals surface area contributed by atoms with Crippen LogP contribution in [0.2, 0.25) is 0 Å². The monoisotopic (exact) mass is 241 g/mol. The van der Waals surface area contributed by atoms with Crippen molar-refractivity contribution in [2.24, 2.45) is 0 Å². The molecular formula is C8H11N5S2. The van der Waals surface area contributed by atoms with Crippen molar-refractivity contribution in [3.8, 4) is 0 Å². The zero-order chi connectivity index (χ0) is 10.9. The van der Waals surface area contributed by atoms with E-state index in [1.807, 2.05) is 0 Å². The quantitative estimate of drug-likeness (QED) is 0.872. The lowest BCUT2D eigenvalue weighted by atomic mass is 9.95. The molecule has 0 atom stereocenters. The van der Waals surface area contributed by atoms with Gasteiger partial charge in [-0.2, -0.15) is 5.10 Å². The fraction of sp³-hybridized carbons (Fsp3) is 0.500. The van der Waals surface area contributed by atoms with Gasteiger partial charge in [-0.15, -0.1) is 5.10 Å². The Balaban J connectivity index is 2.26. The van der Waals surface area contributed by atoms with Crippen molar-refractivity contribution in [1.82, 2.24) is 24.8 Å². The van der Waals surface area contributed by atoms with Crippen LogP contribution in [0.15, 0.2) is 16.5 Å². The highest BCUT2D eigenvalue weighted by molar-refractivity contribution is 7.99. The van der Waals surface area contributed by atoms with E-state index in [4.69, 9.17) is 0 Å². The summed E-state index contributed by atoms with van der Waals surface area (Å²) in [7, 11) is 0. The van der Waals surface area contributed by atoms with Crippen LogP contribution in [-0.2, 0) is 5.41 Å². The first-order valence-electron chi connectivity index (χ1n) is 4.43. The predicted molar refractivity (Wildman–Crippen MR) is 59.1 cm³/mol. The van der Waals surface area contributed by atoms with E-state index in [-0.39, 0.29) is 5.41 Å². The number of hydrogen-bond acceptors (Lipinski definition) is 6. The highest BCUT2D eigenvalue weighted by atomic mass is 32.2. The molecule has 0 radical (unpaired) electrons. The summed E-state index contributed by atoms with van der Waals surface area (Å²) in [5, 5.41) is 12.3. The molecule has 2 rings (SSSR count). The van der Waals surface area contributed by atoms with Crippen LogP contribution in [-0.4, -0.2) is 24.8 Å². The number of H-pyrrole nitrogens is 1. The smallest absolute Gasteiger partial charge is 0.189 e. The Morgan fingerprint density at radius 2 is 2.20 bits per heavy atom. The molecule has 15 heavy (non-hydrogen) atoms. The summed E-state index contributed by atoms with van der Waals surface area (Å²) in [6.07, 6.45) is 1.49. The maximum Gasteiger partial charge on any atom is 0.189 e. The third kappa shape index (κ3) is 2.35. The molecule has 2 aromatic heterocycles. The van der Waals surface area contributed by atoms with Crippen LogP contribution in [0.3, 0.4) is 0 Å². The fourth-order valence-electron chi connectivity index (χ4n) is 1.04. The second kappa shape index (κ2) is 3.90. The molecule has 0 aromatic carbocycles. The average molecular weight is 241 g/mol.